The summed E-state index contributed by atoms with van der Waals surface area (Å²) in [5, 5.41) is 0. The van der Waals surface area contributed by atoms with Crippen molar-refractivity contribution in [3.8, 4) is 0 Å². The van der Waals surface area contributed by atoms with Crippen molar-refractivity contribution in [3.05, 3.63) is 89.5 Å². The van der Waals surface area contributed by atoms with E-state index in [0.29, 0.717) is 0 Å². The minimum absolute atomic E-state index is 0.233. The molecule has 0 aliphatic carbocycles. The normalized spacial score (nSPS) is 12.3. The van der Waals surface area contributed by atoms with Crippen molar-refractivity contribution in [2.24, 2.45) is 5.41 Å². The van der Waals surface area contributed by atoms with E-state index < -0.39 is 0 Å². The molecule has 0 unspecified atom stereocenters. The number of hydrogen-bond donors (Lipinski definition) is 0. The molecule has 0 saturated carbocycles. The maximum absolute atomic E-state index is 3.94. The first-order chi connectivity index (χ1) is 13.6. The topological polar surface area (TPSA) is 0 Å². The first kappa shape index (κ1) is 24.7. The third-order valence-corrected chi connectivity index (χ3v) is 4.84. The molecule has 0 aliphatic rings. The van der Waals surface area contributed by atoms with Gasteiger partial charge in [-0.1, -0.05) is 107 Å². The highest BCUT2D eigenvalue weighted by atomic mass is 14.1. The summed E-state index contributed by atoms with van der Waals surface area (Å²) in [6.07, 6.45) is 6.93. The van der Waals surface area contributed by atoms with Gasteiger partial charge in [-0.25, -0.2) is 0 Å². The molecule has 0 radical (unpaired) electrons. The van der Waals surface area contributed by atoms with Crippen LogP contribution in [0.2, 0.25) is 0 Å². The summed E-state index contributed by atoms with van der Waals surface area (Å²) in [4.78, 5) is 0. The molecule has 0 amide bonds. The SMILES string of the molecule is C/C=C(/CCC)c1ccccc1C.C=C(C)c1ccc(/C(C)=C/C(C)(C)C)cc1. The summed E-state index contributed by atoms with van der Waals surface area (Å²) in [6.45, 7) is 21.3. The average Bonchev–Trinajstić information content (AvgIpc) is 2.66. The molecule has 2 aromatic rings. The van der Waals surface area contributed by atoms with Crippen molar-refractivity contribution in [2.45, 2.75) is 68.2 Å². The van der Waals surface area contributed by atoms with E-state index in [4.69, 9.17) is 0 Å². The monoisotopic (exact) mass is 388 g/mol. The second kappa shape index (κ2) is 11.6. The van der Waals surface area contributed by atoms with Gasteiger partial charge < -0.3 is 0 Å². The van der Waals surface area contributed by atoms with E-state index in [-0.39, 0.29) is 5.41 Å². The zero-order chi connectivity index (χ0) is 22.0. The largest absolute Gasteiger partial charge is 0.0955 e. The van der Waals surface area contributed by atoms with Crippen molar-refractivity contribution < 1.29 is 0 Å². The van der Waals surface area contributed by atoms with Gasteiger partial charge in [-0.15, -0.1) is 0 Å². The Morgan fingerprint density at radius 2 is 1.48 bits per heavy atom. The van der Waals surface area contributed by atoms with Crippen LogP contribution in [0.5, 0.6) is 0 Å². The molecule has 0 nitrogen and oxygen atoms in total. The van der Waals surface area contributed by atoms with Crippen LogP contribution >= 0.6 is 0 Å². The highest BCUT2D eigenvalue weighted by Crippen LogP contribution is 2.24. The molecule has 0 aliphatic heterocycles. The number of benzene rings is 2. The lowest BCUT2D eigenvalue weighted by Gasteiger charge is -2.14. The first-order valence-electron chi connectivity index (χ1n) is 10.8. The average molecular weight is 389 g/mol. The van der Waals surface area contributed by atoms with Crippen molar-refractivity contribution in [2.75, 3.05) is 0 Å². The van der Waals surface area contributed by atoms with Crippen LogP contribution in [-0.2, 0) is 0 Å². The molecular formula is C29H40. The van der Waals surface area contributed by atoms with Crippen molar-refractivity contribution in [3.63, 3.8) is 0 Å². The maximum Gasteiger partial charge on any atom is -0.0197 e. The summed E-state index contributed by atoms with van der Waals surface area (Å²) in [5.74, 6) is 0. The van der Waals surface area contributed by atoms with Crippen LogP contribution in [-0.4, -0.2) is 0 Å². The molecular weight excluding hydrogens is 348 g/mol. The third kappa shape index (κ3) is 8.69. The lowest BCUT2D eigenvalue weighted by atomic mass is 9.91. The summed E-state index contributed by atoms with van der Waals surface area (Å²) < 4.78 is 0. The summed E-state index contributed by atoms with van der Waals surface area (Å²) in [6, 6.07) is 17.2. The van der Waals surface area contributed by atoms with Gasteiger partial charge in [0.15, 0.2) is 0 Å². The zero-order valence-corrected chi connectivity index (χ0v) is 19.9. The fourth-order valence-corrected chi connectivity index (χ4v) is 3.39. The minimum Gasteiger partial charge on any atom is -0.0955 e. The Labute approximate surface area is 180 Å². The first-order valence-corrected chi connectivity index (χ1v) is 10.8. The Morgan fingerprint density at radius 1 is 0.931 bits per heavy atom. The van der Waals surface area contributed by atoms with Crippen LogP contribution in [0.3, 0.4) is 0 Å². The lowest BCUT2D eigenvalue weighted by Crippen LogP contribution is -2.00. The van der Waals surface area contributed by atoms with Gasteiger partial charge in [0.2, 0.25) is 0 Å². The molecule has 2 rings (SSSR count). The van der Waals surface area contributed by atoms with Gasteiger partial charge in [-0.05, 0) is 72.9 Å². The van der Waals surface area contributed by atoms with Crippen LogP contribution in [0.25, 0.3) is 16.7 Å². The van der Waals surface area contributed by atoms with Crippen molar-refractivity contribution in [1.82, 2.24) is 0 Å². The smallest absolute Gasteiger partial charge is 0.0197 e. The Hall–Kier alpha value is -2.34. The van der Waals surface area contributed by atoms with Crippen LogP contribution in [0.4, 0.5) is 0 Å². The van der Waals surface area contributed by atoms with E-state index >= 15 is 0 Å². The molecule has 0 saturated heterocycles. The van der Waals surface area contributed by atoms with Gasteiger partial charge in [-0.3, -0.25) is 0 Å². The van der Waals surface area contributed by atoms with Crippen molar-refractivity contribution in [1.29, 1.82) is 0 Å². The molecule has 2 aromatic carbocycles. The van der Waals surface area contributed by atoms with Gasteiger partial charge in [0, 0.05) is 0 Å². The maximum atomic E-state index is 3.94. The van der Waals surface area contributed by atoms with Crippen molar-refractivity contribution >= 4 is 16.7 Å². The van der Waals surface area contributed by atoms with Gasteiger partial charge in [0.05, 0.1) is 0 Å². The second-order valence-electron chi connectivity index (χ2n) is 8.93. The molecule has 29 heavy (non-hydrogen) atoms. The molecule has 0 spiro atoms. The molecule has 0 atom stereocenters. The van der Waals surface area contributed by atoms with E-state index in [9.17, 15) is 0 Å². The van der Waals surface area contributed by atoms with E-state index in [2.05, 4.69) is 116 Å². The highest BCUT2D eigenvalue weighted by Gasteiger charge is 2.07. The molecule has 0 aromatic heterocycles. The van der Waals surface area contributed by atoms with Gasteiger partial charge >= 0.3 is 0 Å². The molecule has 0 heterocycles. The molecule has 0 heteroatoms. The van der Waals surface area contributed by atoms with E-state index in [1.807, 2.05) is 6.92 Å². The number of hydrogen-bond acceptors (Lipinski definition) is 0. The molecule has 156 valence electrons. The Kier molecular flexibility index (Phi) is 9.89. The molecule has 0 bridgehead atoms. The Balaban J connectivity index is 0.000000296. The number of allylic oxidation sites excluding steroid dienone is 5. The standard InChI is InChI=1S/C16H22.C13H18/c1-12(2)14-7-9-15(10-8-14)13(3)11-16(4,5)6;1-4-8-12(5-2)13-10-7-6-9-11(13)3/h7-11H,1H2,2-6H3;5-7,9-10H,4,8H2,1-3H3/b13-11+;12-5-. The minimum atomic E-state index is 0.233. The Morgan fingerprint density at radius 3 is 1.93 bits per heavy atom. The highest BCUT2D eigenvalue weighted by molar-refractivity contribution is 5.68. The fraction of sp³-hybridized carbons (Fsp3) is 0.379. The Bertz CT molecular complexity index is 836. The van der Waals surface area contributed by atoms with E-state index in [1.54, 1.807) is 0 Å². The summed E-state index contributed by atoms with van der Waals surface area (Å²) >= 11 is 0. The predicted octanol–water partition coefficient (Wildman–Crippen LogP) is 9.37. The second-order valence-corrected chi connectivity index (χ2v) is 8.93. The number of aryl methyl sites for hydroxylation is 1. The van der Waals surface area contributed by atoms with Gasteiger partial charge in [0.25, 0.3) is 0 Å². The van der Waals surface area contributed by atoms with Crippen LogP contribution in [0.1, 0.15) is 83.6 Å². The quantitative estimate of drug-likeness (QED) is 0.478. The van der Waals surface area contributed by atoms with E-state index in [1.165, 1.54) is 46.2 Å². The van der Waals surface area contributed by atoms with Crippen LogP contribution in [0.15, 0.2) is 67.3 Å². The lowest BCUT2D eigenvalue weighted by molar-refractivity contribution is 0.545. The number of rotatable bonds is 5. The van der Waals surface area contributed by atoms with Crippen LogP contribution < -0.4 is 0 Å². The van der Waals surface area contributed by atoms with Gasteiger partial charge in [0.1, 0.15) is 0 Å². The fourth-order valence-electron chi connectivity index (χ4n) is 3.39. The predicted molar refractivity (Wildman–Crippen MR) is 134 cm³/mol. The molecule has 0 fully saturated rings. The summed E-state index contributed by atoms with van der Waals surface area (Å²) in [7, 11) is 0. The van der Waals surface area contributed by atoms with Crippen LogP contribution in [0, 0.1) is 12.3 Å². The third-order valence-electron chi connectivity index (χ3n) is 4.84. The zero-order valence-electron chi connectivity index (χ0n) is 19.9. The molecule has 0 N–H and O–H groups in total. The van der Waals surface area contributed by atoms with Gasteiger partial charge in [-0.2, -0.15) is 0 Å². The van der Waals surface area contributed by atoms with E-state index in [0.717, 1.165) is 5.57 Å². The summed E-state index contributed by atoms with van der Waals surface area (Å²) in [5.41, 5.74) is 9.45.